The number of carbonyl (C=O) groups is 2. The maximum absolute atomic E-state index is 13.3. The normalized spacial score (nSPS) is 16.9. The van der Waals surface area contributed by atoms with Crippen LogP contribution in [0, 0.1) is 6.92 Å². The van der Waals surface area contributed by atoms with Crippen molar-refractivity contribution in [1.82, 2.24) is 9.80 Å². The predicted molar refractivity (Wildman–Crippen MR) is 155 cm³/mol. The third-order valence-corrected chi connectivity index (χ3v) is 7.08. The number of amides is 1. The van der Waals surface area contributed by atoms with Gasteiger partial charge < -0.3 is 19.6 Å². The molecule has 0 radical (unpaired) electrons. The van der Waals surface area contributed by atoms with Crippen molar-refractivity contribution in [2.45, 2.75) is 45.8 Å². The van der Waals surface area contributed by atoms with Gasteiger partial charge in [0, 0.05) is 12.1 Å². The zero-order valence-electron chi connectivity index (χ0n) is 23.5. The molecular weight excluding hydrogens is 488 g/mol. The van der Waals surface area contributed by atoms with Crippen LogP contribution in [0.1, 0.15) is 60.0 Å². The van der Waals surface area contributed by atoms with E-state index in [9.17, 15) is 14.7 Å². The molecule has 0 saturated carbocycles. The van der Waals surface area contributed by atoms with Crippen LogP contribution in [0.4, 0.5) is 0 Å². The molecule has 0 aliphatic carbocycles. The Balaban J connectivity index is 1.64. The molecule has 1 atom stereocenters. The Kier molecular flexibility index (Phi) is 8.87. The summed E-state index contributed by atoms with van der Waals surface area (Å²) < 4.78 is 5.92. The average molecular weight is 527 g/mol. The zero-order valence-corrected chi connectivity index (χ0v) is 23.5. The van der Waals surface area contributed by atoms with E-state index >= 15 is 0 Å². The number of aryl methyl sites for hydroxylation is 1. The smallest absolute Gasteiger partial charge is 0.295 e. The summed E-state index contributed by atoms with van der Waals surface area (Å²) in [6.07, 6.45) is 0.716. The summed E-state index contributed by atoms with van der Waals surface area (Å²) in [5.74, 6) is -0.400. The van der Waals surface area contributed by atoms with Crippen molar-refractivity contribution >= 4 is 17.4 Å². The van der Waals surface area contributed by atoms with Crippen molar-refractivity contribution in [3.8, 4) is 5.75 Å². The number of Topliss-reactive ketones (excluding diaryl/α,β-unsaturated/α-hetero) is 1. The Morgan fingerprint density at radius 3 is 2.31 bits per heavy atom. The van der Waals surface area contributed by atoms with E-state index in [1.165, 1.54) is 11.1 Å². The number of hydrogen-bond acceptors (Lipinski definition) is 5. The Hall–Kier alpha value is -3.90. The van der Waals surface area contributed by atoms with E-state index in [-0.39, 0.29) is 11.3 Å². The predicted octanol–water partition coefficient (Wildman–Crippen LogP) is 6.07. The number of benzene rings is 3. The number of rotatable bonds is 10. The number of likely N-dealkylation sites (tertiary alicyclic amines) is 1. The molecule has 4 rings (SSSR count). The van der Waals surface area contributed by atoms with E-state index in [1.54, 1.807) is 29.2 Å². The lowest BCUT2D eigenvalue weighted by molar-refractivity contribution is -0.139. The first-order valence-electron chi connectivity index (χ1n) is 13.5. The SMILES string of the molecule is Cc1cccc(COc2ccc(/C(O)=C3\C(=O)C(=O)N(CCCN(C)C)[C@H]3c3ccc(C(C)C)cc3)cc2)c1. The number of ether oxygens (including phenoxy) is 1. The van der Waals surface area contributed by atoms with Gasteiger partial charge in [0.2, 0.25) is 0 Å². The van der Waals surface area contributed by atoms with E-state index in [0.29, 0.717) is 36.8 Å². The number of ketones is 1. The van der Waals surface area contributed by atoms with Gasteiger partial charge in [0.25, 0.3) is 11.7 Å². The van der Waals surface area contributed by atoms with Crippen LogP contribution in [0.25, 0.3) is 5.76 Å². The summed E-state index contributed by atoms with van der Waals surface area (Å²) in [6.45, 7) is 7.91. The minimum atomic E-state index is -0.657. The standard InChI is InChI=1S/C33H38N2O4/c1-22(2)25-10-12-26(13-11-25)30-29(32(37)33(38)35(30)19-7-18-34(4)5)31(36)27-14-16-28(17-15-27)39-21-24-9-6-8-23(3)20-24/h6,8-17,20,22,30,36H,7,18-19,21H2,1-5H3/b31-29+/t30-/m0/s1. The van der Waals surface area contributed by atoms with E-state index in [0.717, 1.165) is 17.7 Å². The number of carbonyl (C=O) groups excluding carboxylic acids is 2. The molecular formula is C33H38N2O4. The summed E-state index contributed by atoms with van der Waals surface area (Å²) in [5.41, 5.74) is 4.80. The van der Waals surface area contributed by atoms with Crippen LogP contribution in [0.15, 0.2) is 78.4 Å². The Bertz CT molecular complexity index is 1340. The fourth-order valence-corrected chi connectivity index (χ4v) is 4.91. The third kappa shape index (κ3) is 6.58. The Morgan fingerprint density at radius 1 is 1.00 bits per heavy atom. The largest absolute Gasteiger partial charge is 0.507 e. The Morgan fingerprint density at radius 2 is 1.69 bits per heavy atom. The van der Waals surface area contributed by atoms with Crippen LogP contribution in [-0.4, -0.2) is 53.8 Å². The van der Waals surface area contributed by atoms with Gasteiger partial charge in [-0.3, -0.25) is 9.59 Å². The summed E-state index contributed by atoms with van der Waals surface area (Å²) in [4.78, 5) is 30.1. The number of aliphatic hydroxyl groups is 1. The summed E-state index contributed by atoms with van der Waals surface area (Å²) >= 11 is 0. The van der Waals surface area contributed by atoms with Crippen LogP contribution in [0.3, 0.4) is 0 Å². The van der Waals surface area contributed by atoms with Gasteiger partial charge in [-0.2, -0.15) is 0 Å². The van der Waals surface area contributed by atoms with Crippen LogP contribution in [0.2, 0.25) is 0 Å². The minimum Gasteiger partial charge on any atom is -0.507 e. The molecule has 1 amide bonds. The highest BCUT2D eigenvalue weighted by atomic mass is 16.5. The molecule has 1 saturated heterocycles. The zero-order chi connectivity index (χ0) is 28.1. The van der Waals surface area contributed by atoms with E-state index in [4.69, 9.17) is 4.74 Å². The molecule has 1 aliphatic rings. The highest BCUT2D eigenvalue weighted by Gasteiger charge is 2.45. The van der Waals surface area contributed by atoms with E-state index in [1.807, 2.05) is 68.4 Å². The average Bonchev–Trinajstić information content (AvgIpc) is 3.17. The molecule has 0 spiro atoms. The second-order valence-corrected chi connectivity index (χ2v) is 10.8. The monoisotopic (exact) mass is 526 g/mol. The molecule has 0 aromatic heterocycles. The molecule has 39 heavy (non-hydrogen) atoms. The van der Waals surface area contributed by atoms with Crippen molar-refractivity contribution in [2.24, 2.45) is 0 Å². The molecule has 1 heterocycles. The minimum absolute atomic E-state index is 0.121. The molecule has 204 valence electrons. The molecule has 6 nitrogen and oxygen atoms in total. The van der Waals surface area contributed by atoms with Crippen LogP contribution >= 0.6 is 0 Å². The van der Waals surface area contributed by atoms with Crippen LogP contribution < -0.4 is 4.74 Å². The van der Waals surface area contributed by atoms with Gasteiger partial charge in [-0.1, -0.05) is 67.9 Å². The topological polar surface area (TPSA) is 70.1 Å². The first-order valence-corrected chi connectivity index (χ1v) is 13.5. The highest BCUT2D eigenvalue weighted by molar-refractivity contribution is 6.46. The lowest BCUT2D eigenvalue weighted by atomic mass is 9.93. The molecule has 3 aromatic rings. The van der Waals surface area contributed by atoms with E-state index in [2.05, 4.69) is 19.9 Å². The fourth-order valence-electron chi connectivity index (χ4n) is 4.91. The summed E-state index contributed by atoms with van der Waals surface area (Å²) in [6, 6.07) is 22.4. The van der Waals surface area contributed by atoms with Crippen LogP contribution in [0.5, 0.6) is 5.75 Å². The fraction of sp³-hybridized carbons (Fsp3) is 0.333. The van der Waals surface area contributed by atoms with Crippen molar-refractivity contribution in [3.63, 3.8) is 0 Å². The molecule has 0 unspecified atom stereocenters. The maximum Gasteiger partial charge on any atom is 0.295 e. The number of aliphatic hydroxyl groups excluding tert-OH is 1. The number of hydrogen-bond donors (Lipinski definition) is 1. The maximum atomic E-state index is 13.3. The lowest BCUT2D eigenvalue weighted by Gasteiger charge is -2.26. The first kappa shape index (κ1) is 28.1. The number of nitrogens with zero attached hydrogens (tertiary/aromatic N) is 2. The van der Waals surface area contributed by atoms with Gasteiger partial charge in [-0.15, -0.1) is 0 Å². The highest BCUT2D eigenvalue weighted by Crippen LogP contribution is 2.40. The van der Waals surface area contributed by atoms with Gasteiger partial charge in [-0.25, -0.2) is 0 Å². The second-order valence-electron chi connectivity index (χ2n) is 10.8. The second kappa shape index (κ2) is 12.3. The quantitative estimate of drug-likeness (QED) is 0.197. The van der Waals surface area contributed by atoms with Crippen molar-refractivity contribution < 1.29 is 19.4 Å². The van der Waals surface area contributed by atoms with Crippen molar-refractivity contribution in [3.05, 3.63) is 106 Å². The Labute approximate surface area is 231 Å². The lowest BCUT2D eigenvalue weighted by Crippen LogP contribution is -2.32. The van der Waals surface area contributed by atoms with Gasteiger partial charge in [0.15, 0.2) is 0 Å². The molecule has 1 N–H and O–H groups in total. The van der Waals surface area contributed by atoms with Gasteiger partial charge >= 0.3 is 0 Å². The van der Waals surface area contributed by atoms with Gasteiger partial charge in [-0.05, 0) is 80.9 Å². The van der Waals surface area contributed by atoms with Crippen LogP contribution in [-0.2, 0) is 16.2 Å². The first-order chi connectivity index (χ1) is 18.7. The molecule has 6 heteroatoms. The molecule has 3 aromatic carbocycles. The summed E-state index contributed by atoms with van der Waals surface area (Å²) in [7, 11) is 3.95. The molecule has 1 aliphatic heterocycles. The molecule has 1 fully saturated rings. The van der Waals surface area contributed by atoms with E-state index < -0.39 is 17.7 Å². The van der Waals surface area contributed by atoms with Gasteiger partial charge in [0.1, 0.15) is 18.1 Å². The molecule has 0 bridgehead atoms. The van der Waals surface area contributed by atoms with Crippen molar-refractivity contribution in [2.75, 3.05) is 27.2 Å². The van der Waals surface area contributed by atoms with Crippen molar-refractivity contribution in [1.29, 1.82) is 0 Å². The third-order valence-electron chi connectivity index (χ3n) is 7.08. The van der Waals surface area contributed by atoms with Gasteiger partial charge in [0.05, 0.1) is 11.6 Å². The summed E-state index contributed by atoms with van der Waals surface area (Å²) in [5, 5.41) is 11.4.